The van der Waals surface area contributed by atoms with E-state index in [-0.39, 0.29) is 29.9 Å². The molecule has 0 aliphatic carbocycles. The molecule has 0 amide bonds. The monoisotopic (exact) mass is 252 g/mol. The minimum Gasteiger partial charge on any atom is -0.320 e. The molecule has 2 heterocycles. The van der Waals surface area contributed by atoms with E-state index < -0.39 is 25.8 Å². The van der Waals surface area contributed by atoms with Crippen LogP contribution in [0.1, 0.15) is 0 Å². The molecule has 2 rings (SSSR count). The number of hydrogen-bond donors (Lipinski definition) is 0. The van der Waals surface area contributed by atoms with Crippen LogP contribution in [-0.2, 0) is 37.2 Å². The molecular formula is CH4B4O8S2. The lowest BCUT2D eigenvalue weighted by Crippen LogP contribution is -2.52. The van der Waals surface area contributed by atoms with E-state index in [2.05, 4.69) is 16.4 Å². The average Bonchev–Trinajstić information content (AvgIpc) is 2.15. The van der Waals surface area contributed by atoms with Crippen LogP contribution in [0.3, 0.4) is 0 Å². The van der Waals surface area contributed by atoms with Gasteiger partial charge in [0, 0.05) is 0 Å². The molecule has 0 atom stereocenters. The van der Waals surface area contributed by atoms with Gasteiger partial charge in [-0.3, -0.25) is 0 Å². The Morgan fingerprint density at radius 1 is 0.667 bits per heavy atom. The summed E-state index contributed by atoms with van der Waals surface area (Å²) in [5.41, 5.74) is 0. The first-order valence-electron chi connectivity index (χ1n) is 3.90. The predicted octanol–water partition coefficient (Wildman–Crippen LogP) is -3.99. The van der Waals surface area contributed by atoms with Gasteiger partial charge in [0.2, 0.25) is 0 Å². The summed E-state index contributed by atoms with van der Waals surface area (Å²) in [5, 5.41) is -0.878. The highest BCUT2D eigenvalue weighted by Gasteiger charge is 2.50. The summed E-state index contributed by atoms with van der Waals surface area (Å²) < 4.78 is 60.7. The first kappa shape index (κ1) is 11.5. The van der Waals surface area contributed by atoms with Gasteiger partial charge in [-0.05, 0) is 5.01 Å². The maximum Gasteiger partial charge on any atom is 0.371 e. The van der Waals surface area contributed by atoms with Crippen molar-refractivity contribution < 1.29 is 33.2 Å². The van der Waals surface area contributed by atoms with Crippen molar-refractivity contribution >= 4 is 50.7 Å². The zero-order valence-electron chi connectivity index (χ0n) is 7.41. The van der Waals surface area contributed by atoms with Crippen molar-refractivity contribution in [3.05, 3.63) is 0 Å². The van der Waals surface area contributed by atoms with E-state index in [9.17, 15) is 16.8 Å². The summed E-state index contributed by atoms with van der Waals surface area (Å²) in [6.45, 7) is 0. The minimum absolute atomic E-state index is 0.217. The van der Waals surface area contributed by atoms with Gasteiger partial charge < -0.3 is 16.4 Å². The van der Waals surface area contributed by atoms with Crippen LogP contribution in [0.5, 0.6) is 0 Å². The van der Waals surface area contributed by atoms with Crippen molar-refractivity contribution in [2.75, 3.05) is 0 Å². The zero-order valence-corrected chi connectivity index (χ0v) is 9.04. The molecule has 0 aromatic heterocycles. The van der Waals surface area contributed by atoms with Gasteiger partial charge in [0.15, 0.2) is 0 Å². The van der Waals surface area contributed by atoms with Crippen LogP contribution in [0.15, 0.2) is 0 Å². The molecule has 80 valence electrons. The van der Waals surface area contributed by atoms with Gasteiger partial charge in [0.05, 0.1) is 0 Å². The Balaban J connectivity index is 2.07. The first-order chi connectivity index (χ1) is 6.83. The Morgan fingerprint density at radius 3 is 1.20 bits per heavy atom. The van der Waals surface area contributed by atoms with E-state index in [1.807, 2.05) is 0 Å². The number of hydrogen-bond acceptors (Lipinski definition) is 8. The predicted molar refractivity (Wildman–Crippen MR) is 53.5 cm³/mol. The van der Waals surface area contributed by atoms with Crippen molar-refractivity contribution in [2.24, 2.45) is 0 Å². The molecule has 2 saturated heterocycles. The van der Waals surface area contributed by atoms with E-state index in [0.717, 1.165) is 0 Å². The SMILES string of the molecule is O=S1(=O)OBC2(BO1)BOS(=O)(=O)OB2. The average molecular weight is 251 g/mol. The molecule has 0 unspecified atom stereocenters. The fourth-order valence-electron chi connectivity index (χ4n) is 1.11. The molecule has 0 radical (unpaired) electrons. The highest BCUT2D eigenvalue weighted by atomic mass is 32.3. The van der Waals surface area contributed by atoms with Gasteiger partial charge in [0.25, 0.3) is 29.9 Å². The second kappa shape index (κ2) is 3.50. The van der Waals surface area contributed by atoms with Gasteiger partial charge in [0.1, 0.15) is 0 Å². The second-order valence-electron chi connectivity index (χ2n) is 3.37. The molecule has 15 heavy (non-hydrogen) atoms. The number of rotatable bonds is 0. The van der Waals surface area contributed by atoms with Crippen molar-refractivity contribution in [3.8, 4) is 0 Å². The zero-order chi connectivity index (χ0) is 11.2. The third kappa shape index (κ3) is 2.57. The van der Waals surface area contributed by atoms with Gasteiger partial charge in [-0.2, -0.15) is 16.8 Å². The van der Waals surface area contributed by atoms with E-state index in [1.54, 1.807) is 0 Å². The summed E-state index contributed by atoms with van der Waals surface area (Å²) in [5.74, 6) is 0. The topological polar surface area (TPSA) is 105 Å². The van der Waals surface area contributed by atoms with Gasteiger partial charge >= 0.3 is 20.8 Å². The molecule has 1 spiro atoms. The van der Waals surface area contributed by atoms with E-state index in [1.165, 1.54) is 0 Å². The largest absolute Gasteiger partial charge is 0.371 e. The fraction of sp³-hybridized carbons (Fsp3) is 1.00. The second-order valence-corrected chi connectivity index (χ2v) is 5.94. The smallest absolute Gasteiger partial charge is 0.320 e. The molecule has 2 aliphatic heterocycles. The Morgan fingerprint density at radius 2 is 0.933 bits per heavy atom. The van der Waals surface area contributed by atoms with Gasteiger partial charge in [-0.25, -0.2) is 0 Å². The Labute approximate surface area is 89.4 Å². The van der Waals surface area contributed by atoms with Gasteiger partial charge in [-0.15, -0.1) is 0 Å². The molecule has 2 fully saturated rings. The van der Waals surface area contributed by atoms with Crippen molar-refractivity contribution in [1.82, 2.24) is 0 Å². The molecule has 2 aliphatic rings. The van der Waals surface area contributed by atoms with E-state index in [0.29, 0.717) is 0 Å². The summed E-state index contributed by atoms with van der Waals surface area (Å²) in [4.78, 5) is 0. The quantitative estimate of drug-likeness (QED) is 0.401. The van der Waals surface area contributed by atoms with Crippen molar-refractivity contribution in [3.63, 3.8) is 0 Å². The third-order valence-corrected chi connectivity index (χ3v) is 3.66. The Bertz CT molecular complexity index is 376. The lowest BCUT2D eigenvalue weighted by atomic mass is 9.23. The van der Waals surface area contributed by atoms with Crippen molar-refractivity contribution in [2.45, 2.75) is 5.01 Å². The normalized spacial score (nSPS) is 30.4. The summed E-state index contributed by atoms with van der Waals surface area (Å²) >= 11 is 0. The van der Waals surface area contributed by atoms with Crippen LogP contribution < -0.4 is 0 Å². The Kier molecular flexibility index (Phi) is 2.68. The maximum atomic E-state index is 10.8. The summed E-state index contributed by atoms with van der Waals surface area (Å²) in [6.07, 6.45) is 0. The molecule has 0 aromatic rings. The standard InChI is InChI=1S/CH4B4O8S2/c6-14(7)10-2-1(3-11-14)4-12-15(8,9)13-5-1/h2-5H. The highest BCUT2D eigenvalue weighted by Crippen LogP contribution is 2.30. The lowest BCUT2D eigenvalue weighted by Gasteiger charge is -2.33. The molecular weight excluding hydrogens is 247 g/mol. The Hall–Kier alpha value is -0.000260. The van der Waals surface area contributed by atoms with Crippen molar-refractivity contribution in [1.29, 1.82) is 0 Å². The summed E-state index contributed by atoms with van der Waals surface area (Å²) in [7, 11) is -8.76. The van der Waals surface area contributed by atoms with Gasteiger partial charge in [-0.1, -0.05) is 0 Å². The van der Waals surface area contributed by atoms with Crippen LogP contribution >= 0.6 is 0 Å². The molecule has 0 saturated carbocycles. The van der Waals surface area contributed by atoms with E-state index in [4.69, 9.17) is 0 Å². The van der Waals surface area contributed by atoms with Crippen LogP contribution in [0, 0.1) is 0 Å². The fourth-order valence-corrected chi connectivity index (χ4v) is 2.82. The molecule has 14 heteroatoms. The van der Waals surface area contributed by atoms with Crippen LogP contribution in [0.4, 0.5) is 0 Å². The molecule has 0 aromatic carbocycles. The van der Waals surface area contributed by atoms with E-state index >= 15 is 0 Å². The molecule has 0 bridgehead atoms. The minimum atomic E-state index is -3.95. The lowest BCUT2D eigenvalue weighted by molar-refractivity contribution is 0.375. The maximum absolute atomic E-state index is 10.8. The van der Waals surface area contributed by atoms with Crippen LogP contribution in [-0.4, -0.2) is 46.8 Å². The van der Waals surface area contributed by atoms with Crippen LogP contribution in [0.2, 0.25) is 5.01 Å². The molecule has 8 nitrogen and oxygen atoms in total. The first-order valence-corrected chi connectivity index (χ1v) is 6.57. The summed E-state index contributed by atoms with van der Waals surface area (Å²) in [6, 6.07) is 0. The highest BCUT2D eigenvalue weighted by molar-refractivity contribution is 7.84. The third-order valence-electron chi connectivity index (χ3n) is 2.04. The van der Waals surface area contributed by atoms with Crippen LogP contribution in [0.25, 0.3) is 0 Å². The molecule has 0 N–H and O–H groups in total.